The van der Waals surface area contributed by atoms with Crippen molar-refractivity contribution in [1.29, 1.82) is 0 Å². The molecule has 0 saturated heterocycles. The van der Waals surface area contributed by atoms with Gasteiger partial charge in [-0.05, 0) is 45.3 Å². The predicted molar refractivity (Wildman–Crippen MR) is 99.8 cm³/mol. The summed E-state index contributed by atoms with van der Waals surface area (Å²) in [6.07, 6.45) is 10.00. The molecular formula is C15H29N9. The second kappa shape index (κ2) is 22.9. The van der Waals surface area contributed by atoms with Gasteiger partial charge in [-0.1, -0.05) is 35.9 Å². The molecule has 0 saturated carbocycles. The van der Waals surface area contributed by atoms with E-state index in [0.717, 1.165) is 13.1 Å². The van der Waals surface area contributed by atoms with Gasteiger partial charge in [0.15, 0.2) is 0 Å². The molecule has 0 amide bonds. The first-order valence-electron chi connectivity index (χ1n) is 7.37. The monoisotopic (exact) mass is 335 g/mol. The van der Waals surface area contributed by atoms with E-state index in [1.54, 1.807) is 11.9 Å². The highest BCUT2D eigenvalue weighted by Gasteiger charge is 1.89. The minimum Gasteiger partial charge on any atom is -0.307 e. The first kappa shape index (κ1) is 26.5. The molecule has 24 heavy (non-hydrogen) atoms. The number of terminal acetylenes is 2. The molecule has 0 bridgehead atoms. The van der Waals surface area contributed by atoms with Gasteiger partial charge in [-0.15, -0.1) is 12.8 Å². The fraction of sp³-hybridized carbons (Fsp3) is 0.733. The van der Waals surface area contributed by atoms with E-state index in [1.807, 2.05) is 11.9 Å². The van der Waals surface area contributed by atoms with Crippen LogP contribution < -0.4 is 0 Å². The smallest absolute Gasteiger partial charge is 0.0772 e. The van der Waals surface area contributed by atoms with Gasteiger partial charge in [0.25, 0.3) is 0 Å². The molecule has 0 aromatic rings. The lowest BCUT2D eigenvalue weighted by molar-refractivity contribution is 0.355. The summed E-state index contributed by atoms with van der Waals surface area (Å²) in [6, 6.07) is 0. The standard InChI is InChI=1S/C7H9N.C5H13N.C3H7N7/c1-4-6-8(3)7-5-2;1-4-6(3)5-2;1-10(2-6-8-4)3-7-9-5/h1-2H,6-7H2,3H3;4-5H2,1-3H3;2-3H2,1H3. The van der Waals surface area contributed by atoms with Crippen molar-refractivity contribution in [1.82, 2.24) is 14.7 Å². The zero-order valence-corrected chi connectivity index (χ0v) is 15.4. The van der Waals surface area contributed by atoms with Crippen LogP contribution in [-0.4, -0.2) is 75.4 Å². The molecule has 0 fully saturated rings. The molecule has 0 unspecified atom stereocenters. The van der Waals surface area contributed by atoms with E-state index in [9.17, 15) is 0 Å². The van der Waals surface area contributed by atoms with E-state index < -0.39 is 0 Å². The number of nitrogens with zero attached hydrogens (tertiary/aromatic N) is 9. The van der Waals surface area contributed by atoms with E-state index in [4.69, 9.17) is 23.9 Å². The Morgan fingerprint density at radius 2 is 1.17 bits per heavy atom. The molecule has 0 rings (SSSR count). The van der Waals surface area contributed by atoms with Crippen molar-refractivity contribution in [2.75, 3.05) is 60.7 Å². The third-order valence-corrected chi connectivity index (χ3v) is 2.54. The maximum atomic E-state index is 7.87. The largest absolute Gasteiger partial charge is 0.307 e. The Morgan fingerprint density at radius 3 is 1.38 bits per heavy atom. The molecule has 0 spiro atoms. The molecule has 0 aromatic heterocycles. The third kappa shape index (κ3) is 27.9. The first-order chi connectivity index (χ1) is 11.4. The summed E-state index contributed by atoms with van der Waals surface area (Å²) in [6.45, 7) is 8.33. The molecule has 0 aliphatic heterocycles. The summed E-state index contributed by atoms with van der Waals surface area (Å²) in [5.41, 5.74) is 15.7. The molecule has 0 N–H and O–H groups in total. The van der Waals surface area contributed by atoms with Crippen LogP contribution in [0.1, 0.15) is 13.8 Å². The topological polar surface area (TPSA) is 107 Å². The van der Waals surface area contributed by atoms with Gasteiger partial charge in [-0.25, -0.2) is 0 Å². The Hall–Kier alpha value is -2.38. The van der Waals surface area contributed by atoms with Crippen LogP contribution in [0.4, 0.5) is 0 Å². The zero-order chi connectivity index (χ0) is 19.2. The maximum absolute atomic E-state index is 7.87. The third-order valence-electron chi connectivity index (χ3n) is 2.54. The Balaban J connectivity index is -0.000000285. The number of azide groups is 2. The minimum absolute atomic E-state index is 0.218. The van der Waals surface area contributed by atoms with Crippen LogP contribution in [0.2, 0.25) is 0 Å². The molecule has 9 heteroatoms. The summed E-state index contributed by atoms with van der Waals surface area (Å²) < 4.78 is 0. The van der Waals surface area contributed by atoms with Crippen LogP contribution in [-0.2, 0) is 0 Å². The van der Waals surface area contributed by atoms with Crippen LogP contribution >= 0.6 is 0 Å². The van der Waals surface area contributed by atoms with Gasteiger partial charge in [-0.2, -0.15) is 0 Å². The highest BCUT2D eigenvalue weighted by atomic mass is 15.3. The molecule has 0 radical (unpaired) electrons. The van der Waals surface area contributed by atoms with Crippen LogP contribution in [0.15, 0.2) is 10.2 Å². The second-order valence-corrected chi connectivity index (χ2v) is 4.67. The van der Waals surface area contributed by atoms with Crippen molar-refractivity contribution >= 4 is 0 Å². The molecule has 9 nitrogen and oxygen atoms in total. The van der Waals surface area contributed by atoms with E-state index >= 15 is 0 Å². The molecule has 0 aromatic carbocycles. The minimum atomic E-state index is 0.218. The van der Waals surface area contributed by atoms with E-state index in [2.05, 4.69) is 57.7 Å². The van der Waals surface area contributed by atoms with Gasteiger partial charge in [0.05, 0.1) is 26.4 Å². The highest BCUT2D eigenvalue weighted by molar-refractivity contribution is 4.93. The van der Waals surface area contributed by atoms with Crippen molar-refractivity contribution in [3.63, 3.8) is 0 Å². The van der Waals surface area contributed by atoms with Crippen molar-refractivity contribution < 1.29 is 0 Å². The van der Waals surface area contributed by atoms with Crippen LogP contribution in [0.3, 0.4) is 0 Å². The molecule has 134 valence electrons. The normalized spacial score (nSPS) is 8.58. The van der Waals surface area contributed by atoms with Crippen molar-refractivity contribution in [2.24, 2.45) is 10.2 Å². The lowest BCUT2D eigenvalue weighted by Gasteiger charge is -2.07. The average molecular weight is 335 g/mol. The van der Waals surface area contributed by atoms with Gasteiger partial charge in [0.2, 0.25) is 0 Å². The molecule has 0 heterocycles. The summed E-state index contributed by atoms with van der Waals surface area (Å²) >= 11 is 0. The summed E-state index contributed by atoms with van der Waals surface area (Å²) in [7, 11) is 5.68. The Labute approximate surface area is 145 Å². The van der Waals surface area contributed by atoms with Gasteiger partial charge >= 0.3 is 0 Å². The van der Waals surface area contributed by atoms with Crippen LogP contribution in [0, 0.1) is 24.7 Å². The average Bonchev–Trinajstić information content (AvgIpc) is 2.59. The van der Waals surface area contributed by atoms with E-state index in [1.165, 1.54) is 0 Å². The van der Waals surface area contributed by atoms with E-state index in [0.29, 0.717) is 13.1 Å². The highest BCUT2D eigenvalue weighted by Crippen LogP contribution is 1.83. The number of hydrogen-bond acceptors (Lipinski definition) is 5. The fourth-order valence-corrected chi connectivity index (χ4v) is 0.908. The maximum Gasteiger partial charge on any atom is 0.0772 e. The Bertz CT molecular complexity index is 411. The van der Waals surface area contributed by atoms with Gasteiger partial charge in [-0.3, -0.25) is 9.80 Å². The SMILES string of the molecule is C#CCN(C)CC#C.CCN(C)CC.CN(CN=[N+]=[N-])CN=[N+]=[N-]. The second-order valence-electron chi connectivity index (χ2n) is 4.67. The van der Waals surface area contributed by atoms with Gasteiger partial charge < -0.3 is 4.90 Å². The van der Waals surface area contributed by atoms with Crippen molar-refractivity contribution in [2.45, 2.75) is 13.8 Å². The fourth-order valence-electron chi connectivity index (χ4n) is 0.908. The van der Waals surface area contributed by atoms with Crippen LogP contribution in [0.25, 0.3) is 20.9 Å². The number of rotatable bonds is 8. The zero-order valence-electron chi connectivity index (χ0n) is 15.4. The molecule has 0 aliphatic carbocycles. The summed E-state index contributed by atoms with van der Waals surface area (Å²) in [5.74, 6) is 4.97. The predicted octanol–water partition coefficient (Wildman–Crippen LogP) is 2.60. The summed E-state index contributed by atoms with van der Waals surface area (Å²) in [4.78, 5) is 10.8. The van der Waals surface area contributed by atoms with Gasteiger partial charge in [0.1, 0.15) is 0 Å². The number of hydrogen-bond donors (Lipinski definition) is 0. The van der Waals surface area contributed by atoms with Gasteiger partial charge in [0, 0.05) is 9.82 Å². The van der Waals surface area contributed by atoms with Crippen molar-refractivity contribution in [3.8, 4) is 24.7 Å². The van der Waals surface area contributed by atoms with E-state index in [-0.39, 0.29) is 13.3 Å². The Morgan fingerprint density at radius 1 is 0.792 bits per heavy atom. The quantitative estimate of drug-likeness (QED) is 0.294. The first-order valence-corrected chi connectivity index (χ1v) is 7.37. The molecule has 0 atom stereocenters. The van der Waals surface area contributed by atoms with Crippen LogP contribution in [0.5, 0.6) is 0 Å². The lowest BCUT2D eigenvalue weighted by atomic mass is 10.5. The molecule has 0 aliphatic rings. The van der Waals surface area contributed by atoms with Crippen molar-refractivity contribution in [3.05, 3.63) is 20.9 Å². The molecular weight excluding hydrogens is 306 g/mol. The lowest BCUT2D eigenvalue weighted by Crippen LogP contribution is -2.18. The summed E-state index contributed by atoms with van der Waals surface area (Å²) in [5, 5.41) is 6.50. The Kier molecular flexibility index (Phi) is 25.3.